The molecule has 2 aliphatic carbocycles. The van der Waals surface area contributed by atoms with Gasteiger partial charge in [-0.15, -0.1) is 0 Å². The number of ether oxygens (including phenoxy) is 2. The van der Waals surface area contributed by atoms with Crippen molar-refractivity contribution < 1.29 is 18.8 Å². The van der Waals surface area contributed by atoms with E-state index in [4.69, 9.17) is 37.2 Å². The van der Waals surface area contributed by atoms with E-state index in [2.05, 4.69) is 29.8 Å². The number of aromatic nitrogens is 2. The van der Waals surface area contributed by atoms with Gasteiger partial charge in [0.2, 0.25) is 5.91 Å². The third-order valence-electron chi connectivity index (χ3n) is 7.58. The fourth-order valence-electron chi connectivity index (χ4n) is 5.02. The predicted molar refractivity (Wildman–Crippen MR) is 150 cm³/mol. The molecule has 0 unspecified atom stereocenters. The first-order valence-electron chi connectivity index (χ1n) is 13.1. The van der Waals surface area contributed by atoms with E-state index < -0.39 is 13.5 Å². The number of amides is 1. The molecule has 10 heteroatoms. The minimum Gasteiger partial charge on any atom is -0.487 e. The first-order valence-corrected chi connectivity index (χ1v) is 17.6. The normalized spacial score (nSPS) is 17.8. The zero-order valence-corrected chi connectivity index (χ0v) is 24.4. The van der Waals surface area contributed by atoms with Gasteiger partial charge in [-0.3, -0.25) is 9.69 Å². The molecule has 200 valence electrons. The Morgan fingerprint density at radius 1 is 1.18 bits per heavy atom. The van der Waals surface area contributed by atoms with Crippen molar-refractivity contribution in [3.63, 3.8) is 0 Å². The highest BCUT2D eigenvalue weighted by Gasteiger charge is 2.60. The van der Waals surface area contributed by atoms with Crippen LogP contribution in [0.5, 0.6) is 5.75 Å². The standard InChI is InChI=1S/C28H31Cl2N3O4Si/c1-38(2,3)12-11-35-16-33-26-20(28(9-10-28)27(33)34)13-18(14-31-26)36-15-19-24(32-37-25(19)17-7-8-17)23-21(29)5-4-6-22(23)30/h4-6,13-14,17H,7-12,15-16H2,1-3H3. The van der Waals surface area contributed by atoms with Crippen molar-refractivity contribution in [3.8, 4) is 17.0 Å². The largest absolute Gasteiger partial charge is 0.487 e. The molecule has 0 radical (unpaired) electrons. The maximum Gasteiger partial charge on any atom is 0.240 e. The number of hydrogen-bond donors (Lipinski definition) is 0. The number of nitrogens with zero attached hydrogens (tertiary/aromatic N) is 3. The van der Waals surface area contributed by atoms with Gasteiger partial charge < -0.3 is 14.0 Å². The van der Waals surface area contributed by atoms with Gasteiger partial charge in [0.15, 0.2) is 0 Å². The smallest absolute Gasteiger partial charge is 0.240 e. The van der Waals surface area contributed by atoms with Crippen LogP contribution in [0.3, 0.4) is 0 Å². The molecule has 0 bridgehead atoms. The van der Waals surface area contributed by atoms with Gasteiger partial charge >= 0.3 is 0 Å². The summed E-state index contributed by atoms with van der Waals surface area (Å²) in [6.45, 7) is 8.06. The number of anilines is 1. The Hall–Kier alpha value is -2.39. The highest BCUT2D eigenvalue weighted by Crippen LogP contribution is 2.57. The molecule has 1 amide bonds. The van der Waals surface area contributed by atoms with Gasteiger partial charge in [-0.1, -0.05) is 54.1 Å². The lowest BCUT2D eigenvalue weighted by atomic mass is 9.99. The molecule has 7 nitrogen and oxygen atoms in total. The highest BCUT2D eigenvalue weighted by molar-refractivity contribution is 6.76. The van der Waals surface area contributed by atoms with Crippen LogP contribution in [0.15, 0.2) is 35.0 Å². The first kappa shape index (κ1) is 25.9. The van der Waals surface area contributed by atoms with Crippen molar-refractivity contribution in [2.45, 2.75) is 69.3 Å². The van der Waals surface area contributed by atoms with Crippen LogP contribution in [0, 0.1) is 0 Å². The number of hydrogen-bond acceptors (Lipinski definition) is 6. The molecule has 0 N–H and O–H groups in total. The van der Waals surface area contributed by atoms with Crippen molar-refractivity contribution in [2.75, 3.05) is 18.2 Å². The number of benzene rings is 1. The molecule has 2 fully saturated rings. The Balaban J connectivity index is 1.23. The maximum absolute atomic E-state index is 13.3. The molecule has 3 heterocycles. The Labute approximate surface area is 233 Å². The van der Waals surface area contributed by atoms with Crippen LogP contribution in [-0.2, 0) is 21.6 Å². The summed E-state index contributed by atoms with van der Waals surface area (Å²) in [6, 6.07) is 8.39. The van der Waals surface area contributed by atoms with Crippen molar-refractivity contribution in [1.29, 1.82) is 0 Å². The summed E-state index contributed by atoms with van der Waals surface area (Å²) < 4.78 is 17.9. The van der Waals surface area contributed by atoms with E-state index in [0.29, 0.717) is 45.4 Å². The number of carbonyl (C=O) groups is 1. The molecular weight excluding hydrogens is 541 g/mol. The van der Waals surface area contributed by atoms with Crippen molar-refractivity contribution in [1.82, 2.24) is 10.1 Å². The van der Waals surface area contributed by atoms with Crippen LogP contribution in [-0.4, -0.2) is 37.5 Å². The summed E-state index contributed by atoms with van der Waals surface area (Å²) >= 11 is 13.0. The van der Waals surface area contributed by atoms with Gasteiger partial charge in [0.1, 0.15) is 36.4 Å². The van der Waals surface area contributed by atoms with Gasteiger partial charge in [0.25, 0.3) is 0 Å². The summed E-state index contributed by atoms with van der Waals surface area (Å²) in [5, 5.41) is 5.36. The Kier molecular flexibility index (Phi) is 6.57. The molecule has 1 aromatic carbocycles. The first-order chi connectivity index (χ1) is 18.2. The van der Waals surface area contributed by atoms with E-state index in [0.717, 1.165) is 48.6 Å². The lowest BCUT2D eigenvalue weighted by molar-refractivity contribution is -0.121. The van der Waals surface area contributed by atoms with Crippen LogP contribution >= 0.6 is 23.2 Å². The van der Waals surface area contributed by atoms with Gasteiger partial charge in [0.05, 0.1) is 27.2 Å². The number of fused-ring (bicyclic) bond motifs is 2. The lowest BCUT2D eigenvalue weighted by Gasteiger charge is -2.19. The van der Waals surface area contributed by atoms with E-state index >= 15 is 0 Å². The Bertz CT molecular complexity index is 1370. The molecule has 3 aromatic rings. The van der Waals surface area contributed by atoms with Crippen molar-refractivity contribution >= 4 is 43.0 Å². The van der Waals surface area contributed by atoms with Crippen molar-refractivity contribution in [3.05, 3.63) is 57.4 Å². The number of rotatable bonds is 10. The van der Waals surface area contributed by atoms with Crippen LogP contribution in [0.2, 0.25) is 35.7 Å². The quantitative estimate of drug-likeness (QED) is 0.189. The SMILES string of the molecule is C[Si](C)(C)CCOCN1C(=O)C2(CC2)c2cc(OCc3c(-c4c(Cl)cccc4Cl)noc3C3CC3)cnc21. The zero-order chi connectivity index (χ0) is 26.7. The molecular formula is C28H31Cl2N3O4Si. The van der Waals surface area contributed by atoms with Crippen LogP contribution < -0.4 is 9.64 Å². The average molecular weight is 573 g/mol. The van der Waals surface area contributed by atoms with Gasteiger partial charge in [-0.2, -0.15) is 0 Å². The molecule has 0 saturated heterocycles. The third kappa shape index (κ3) is 4.76. The molecule has 3 aliphatic rings. The molecule has 0 atom stereocenters. The predicted octanol–water partition coefficient (Wildman–Crippen LogP) is 7.19. The molecule has 6 rings (SSSR count). The Morgan fingerprint density at radius 3 is 2.58 bits per heavy atom. The van der Waals surface area contributed by atoms with E-state index in [-0.39, 0.29) is 19.2 Å². The van der Waals surface area contributed by atoms with E-state index in [1.165, 1.54) is 0 Å². The third-order valence-corrected chi connectivity index (χ3v) is 9.92. The monoisotopic (exact) mass is 571 g/mol. The number of halogens is 2. The fourth-order valence-corrected chi connectivity index (χ4v) is 6.35. The van der Waals surface area contributed by atoms with Crippen LogP contribution in [0.4, 0.5) is 5.82 Å². The zero-order valence-electron chi connectivity index (χ0n) is 21.9. The van der Waals surface area contributed by atoms with Gasteiger partial charge in [0, 0.05) is 31.7 Å². The number of pyridine rings is 1. The summed E-state index contributed by atoms with van der Waals surface area (Å²) in [5.41, 5.74) is 2.53. The Morgan fingerprint density at radius 2 is 1.92 bits per heavy atom. The van der Waals surface area contributed by atoms with Crippen molar-refractivity contribution in [2.24, 2.45) is 0 Å². The number of carbonyl (C=O) groups excluding carboxylic acids is 1. The molecule has 1 spiro atoms. The summed E-state index contributed by atoms with van der Waals surface area (Å²) in [6.07, 6.45) is 5.43. The van der Waals surface area contributed by atoms with Gasteiger partial charge in [-0.05, 0) is 49.9 Å². The summed E-state index contributed by atoms with van der Waals surface area (Å²) in [7, 11) is -1.20. The van der Waals surface area contributed by atoms with Crippen LogP contribution in [0.25, 0.3) is 11.3 Å². The minimum atomic E-state index is -1.20. The van der Waals surface area contributed by atoms with Gasteiger partial charge in [-0.25, -0.2) is 4.98 Å². The highest BCUT2D eigenvalue weighted by atomic mass is 35.5. The minimum absolute atomic E-state index is 0.0795. The molecule has 2 saturated carbocycles. The average Bonchev–Trinajstić information content (AvgIpc) is 3.79. The second-order valence-corrected chi connectivity index (χ2v) is 18.2. The van der Waals surface area contributed by atoms with Crippen LogP contribution in [0.1, 0.15) is 48.5 Å². The fraction of sp³-hybridized carbons (Fsp3) is 0.464. The van der Waals surface area contributed by atoms with E-state index in [9.17, 15) is 4.79 Å². The second kappa shape index (κ2) is 9.66. The topological polar surface area (TPSA) is 77.7 Å². The summed E-state index contributed by atoms with van der Waals surface area (Å²) in [4.78, 5) is 19.7. The molecule has 2 aromatic heterocycles. The molecule has 1 aliphatic heterocycles. The maximum atomic E-state index is 13.3. The summed E-state index contributed by atoms with van der Waals surface area (Å²) in [5.74, 6) is 2.51. The van der Waals surface area contributed by atoms with E-state index in [1.807, 2.05) is 6.07 Å². The van der Waals surface area contributed by atoms with E-state index in [1.54, 1.807) is 29.3 Å². The lowest BCUT2D eigenvalue weighted by Crippen LogP contribution is -2.35. The second-order valence-electron chi connectivity index (χ2n) is 11.7. The molecule has 38 heavy (non-hydrogen) atoms.